The number of aliphatic hydroxyl groups is 1. The summed E-state index contributed by atoms with van der Waals surface area (Å²) >= 11 is 0. The molecule has 0 saturated heterocycles. The van der Waals surface area contributed by atoms with E-state index in [9.17, 15) is 19.5 Å². The second kappa shape index (κ2) is 7.78. The van der Waals surface area contributed by atoms with Crippen molar-refractivity contribution in [2.75, 3.05) is 13.1 Å². The zero-order valence-corrected chi connectivity index (χ0v) is 15.0. The molecule has 1 unspecified atom stereocenters. The van der Waals surface area contributed by atoms with Crippen LogP contribution in [0.15, 0.2) is 24.3 Å². The Kier molecular flexibility index (Phi) is 5.95. The Morgan fingerprint density at radius 2 is 1.72 bits per heavy atom. The molecule has 6 nitrogen and oxygen atoms in total. The molecule has 0 bridgehead atoms. The Morgan fingerprint density at radius 1 is 1.16 bits per heavy atom. The maximum absolute atomic E-state index is 12.2. The molecule has 1 aromatic rings. The fraction of sp³-hybridized carbons (Fsp3) is 0.526. The summed E-state index contributed by atoms with van der Waals surface area (Å²) in [6.45, 7) is 6.47. The number of nitrogens with one attached hydrogen (secondary N) is 1. The summed E-state index contributed by atoms with van der Waals surface area (Å²) in [5.74, 6) is -0.735. The second-order valence-corrected chi connectivity index (χ2v) is 7.43. The molecule has 2 rings (SSSR count). The average molecular weight is 346 g/mol. The number of fused-ring (bicyclic) bond motifs is 1. The molecule has 1 aromatic carbocycles. The highest BCUT2D eigenvalue weighted by molar-refractivity contribution is 6.21. The third-order valence-electron chi connectivity index (χ3n) is 4.40. The number of hydrogen-bond donors (Lipinski definition) is 2. The van der Waals surface area contributed by atoms with E-state index in [1.807, 2.05) is 20.8 Å². The van der Waals surface area contributed by atoms with Gasteiger partial charge in [-0.25, -0.2) is 0 Å². The van der Waals surface area contributed by atoms with E-state index in [2.05, 4.69) is 5.32 Å². The predicted octanol–water partition coefficient (Wildman–Crippen LogP) is 1.98. The fourth-order valence-corrected chi connectivity index (χ4v) is 2.71. The van der Waals surface area contributed by atoms with Gasteiger partial charge in [-0.1, -0.05) is 32.9 Å². The zero-order valence-electron chi connectivity index (χ0n) is 15.0. The highest BCUT2D eigenvalue weighted by Crippen LogP contribution is 2.23. The lowest BCUT2D eigenvalue weighted by Crippen LogP contribution is -2.34. The first-order chi connectivity index (χ1) is 11.7. The van der Waals surface area contributed by atoms with Crippen molar-refractivity contribution in [3.63, 3.8) is 0 Å². The first-order valence-corrected chi connectivity index (χ1v) is 8.62. The molecular weight excluding hydrogens is 320 g/mol. The Bertz CT molecular complexity index is 629. The van der Waals surface area contributed by atoms with Crippen molar-refractivity contribution in [2.24, 2.45) is 5.41 Å². The summed E-state index contributed by atoms with van der Waals surface area (Å²) < 4.78 is 0. The Balaban J connectivity index is 1.72. The largest absolute Gasteiger partial charge is 0.393 e. The van der Waals surface area contributed by atoms with Gasteiger partial charge in [0, 0.05) is 19.5 Å². The van der Waals surface area contributed by atoms with Gasteiger partial charge in [0.15, 0.2) is 0 Å². The molecule has 1 aliphatic rings. The maximum Gasteiger partial charge on any atom is 0.261 e. The van der Waals surface area contributed by atoms with Crippen LogP contribution in [0, 0.1) is 5.41 Å². The summed E-state index contributed by atoms with van der Waals surface area (Å²) in [7, 11) is 0. The first-order valence-electron chi connectivity index (χ1n) is 8.62. The van der Waals surface area contributed by atoms with E-state index in [1.54, 1.807) is 24.3 Å². The van der Waals surface area contributed by atoms with Crippen LogP contribution in [0.1, 0.15) is 60.7 Å². The van der Waals surface area contributed by atoms with E-state index in [1.165, 1.54) is 4.90 Å². The van der Waals surface area contributed by atoms with Crippen LogP contribution in [0.5, 0.6) is 0 Å². The number of benzene rings is 1. The average Bonchev–Trinajstić information content (AvgIpc) is 2.79. The van der Waals surface area contributed by atoms with Crippen molar-refractivity contribution in [3.05, 3.63) is 35.4 Å². The number of carbonyl (C=O) groups is 3. The number of carbonyl (C=O) groups excluding carboxylic acids is 3. The molecule has 1 atom stereocenters. The predicted molar refractivity (Wildman–Crippen MR) is 94.1 cm³/mol. The van der Waals surface area contributed by atoms with E-state index in [0.717, 1.165) is 0 Å². The molecule has 0 aromatic heterocycles. The lowest BCUT2D eigenvalue weighted by atomic mass is 9.87. The van der Waals surface area contributed by atoms with Gasteiger partial charge < -0.3 is 10.4 Å². The molecule has 1 aliphatic heterocycles. The molecular formula is C19H26N2O4. The summed E-state index contributed by atoms with van der Waals surface area (Å²) in [6.07, 6.45) is 0.664. The summed E-state index contributed by atoms with van der Waals surface area (Å²) in [6, 6.07) is 6.74. The van der Waals surface area contributed by atoms with Gasteiger partial charge in [-0.3, -0.25) is 19.3 Å². The molecule has 0 fully saturated rings. The van der Waals surface area contributed by atoms with Crippen LogP contribution < -0.4 is 5.32 Å². The van der Waals surface area contributed by atoms with Gasteiger partial charge in [0.2, 0.25) is 5.91 Å². The molecule has 0 radical (unpaired) electrons. The lowest BCUT2D eigenvalue weighted by Gasteiger charge is -2.25. The van der Waals surface area contributed by atoms with E-state index < -0.39 is 6.10 Å². The number of hydrogen-bond acceptors (Lipinski definition) is 4. The Morgan fingerprint density at radius 3 is 2.24 bits per heavy atom. The normalized spacial score (nSPS) is 15.3. The van der Waals surface area contributed by atoms with Crippen LogP contribution in [0.25, 0.3) is 0 Å². The standard InChI is InChI=1S/C19H26N2O4/c1-19(2,3)15(22)10-11-20-16(23)9-6-12-21-17(24)13-7-4-5-8-14(13)18(21)25/h4-5,7-8,15,22H,6,9-12H2,1-3H3,(H,20,23). The van der Waals surface area contributed by atoms with Gasteiger partial charge in [-0.05, 0) is 30.4 Å². The molecule has 2 N–H and O–H groups in total. The Labute approximate surface area is 148 Å². The fourth-order valence-electron chi connectivity index (χ4n) is 2.71. The van der Waals surface area contributed by atoms with E-state index in [4.69, 9.17) is 0 Å². The highest BCUT2D eigenvalue weighted by Gasteiger charge is 2.34. The molecule has 0 aliphatic carbocycles. The third-order valence-corrected chi connectivity index (χ3v) is 4.40. The lowest BCUT2D eigenvalue weighted by molar-refractivity contribution is -0.121. The van der Waals surface area contributed by atoms with Gasteiger partial charge in [0.05, 0.1) is 17.2 Å². The van der Waals surface area contributed by atoms with Gasteiger partial charge in [0.25, 0.3) is 11.8 Å². The number of aliphatic hydroxyl groups excluding tert-OH is 1. The van der Waals surface area contributed by atoms with E-state index >= 15 is 0 Å². The zero-order chi connectivity index (χ0) is 18.6. The van der Waals surface area contributed by atoms with E-state index in [0.29, 0.717) is 30.5 Å². The molecule has 0 saturated carbocycles. The first kappa shape index (κ1) is 19.1. The summed E-state index contributed by atoms with van der Waals surface area (Å²) in [5.41, 5.74) is 0.636. The molecule has 0 spiro atoms. The third kappa shape index (κ3) is 4.66. The summed E-state index contributed by atoms with van der Waals surface area (Å²) in [4.78, 5) is 37.4. The maximum atomic E-state index is 12.2. The summed E-state index contributed by atoms with van der Waals surface area (Å²) in [5, 5.41) is 12.7. The SMILES string of the molecule is CC(C)(C)C(O)CCNC(=O)CCCN1C(=O)c2ccccc2C1=O. The van der Waals surface area contributed by atoms with Crippen molar-refractivity contribution in [1.29, 1.82) is 0 Å². The molecule has 136 valence electrons. The number of imide groups is 1. The monoisotopic (exact) mass is 346 g/mol. The molecule has 6 heteroatoms. The van der Waals surface area contributed by atoms with Crippen LogP contribution in [0.4, 0.5) is 0 Å². The van der Waals surface area contributed by atoms with Crippen molar-refractivity contribution in [1.82, 2.24) is 10.2 Å². The van der Waals surface area contributed by atoms with Crippen LogP contribution in [0.2, 0.25) is 0 Å². The van der Waals surface area contributed by atoms with Crippen LogP contribution >= 0.6 is 0 Å². The molecule has 25 heavy (non-hydrogen) atoms. The second-order valence-electron chi connectivity index (χ2n) is 7.43. The van der Waals surface area contributed by atoms with Crippen LogP contribution in [-0.2, 0) is 4.79 Å². The smallest absolute Gasteiger partial charge is 0.261 e. The quantitative estimate of drug-likeness (QED) is 0.739. The number of nitrogens with zero attached hydrogens (tertiary/aromatic N) is 1. The van der Waals surface area contributed by atoms with E-state index in [-0.39, 0.29) is 36.1 Å². The minimum absolute atomic E-state index is 0.141. The van der Waals surface area contributed by atoms with Gasteiger partial charge in [0.1, 0.15) is 0 Å². The topological polar surface area (TPSA) is 86.7 Å². The van der Waals surface area contributed by atoms with Crippen LogP contribution in [0.3, 0.4) is 0 Å². The van der Waals surface area contributed by atoms with Crippen LogP contribution in [-0.4, -0.2) is 46.9 Å². The molecule has 1 heterocycles. The van der Waals surface area contributed by atoms with Crippen molar-refractivity contribution < 1.29 is 19.5 Å². The van der Waals surface area contributed by atoms with Gasteiger partial charge in [-0.2, -0.15) is 0 Å². The molecule has 3 amide bonds. The minimum Gasteiger partial charge on any atom is -0.393 e. The van der Waals surface area contributed by atoms with Crippen molar-refractivity contribution in [3.8, 4) is 0 Å². The number of amides is 3. The van der Waals surface area contributed by atoms with Crippen molar-refractivity contribution in [2.45, 2.75) is 46.1 Å². The minimum atomic E-state index is -0.480. The van der Waals surface area contributed by atoms with Gasteiger partial charge >= 0.3 is 0 Å². The Hall–Kier alpha value is -2.21. The highest BCUT2D eigenvalue weighted by atomic mass is 16.3. The van der Waals surface area contributed by atoms with Gasteiger partial charge in [-0.15, -0.1) is 0 Å². The van der Waals surface area contributed by atoms with Crippen molar-refractivity contribution >= 4 is 17.7 Å². The number of rotatable bonds is 7.